The number of amides is 1. The molecule has 0 atom stereocenters. The van der Waals surface area contributed by atoms with E-state index in [2.05, 4.69) is 21.9 Å². The molecule has 0 fully saturated rings. The quantitative estimate of drug-likeness (QED) is 0.504. The fraction of sp³-hybridized carbons (Fsp3) is 0.0952. The Balaban J connectivity index is 1.43. The van der Waals surface area contributed by atoms with Gasteiger partial charge in [-0.15, -0.1) is 0 Å². The van der Waals surface area contributed by atoms with Crippen LogP contribution in [0.25, 0.3) is 0 Å². The van der Waals surface area contributed by atoms with Crippen molar-refractivity contribution in [3.8, 4) is 11.5 Å². The lowest BCUT2D eigenvalue weighted by atomic mass is 10.1. The van der Waals surface area contributed by atoms with E-state index in [0.29, 0.717) is 6.42 Å². The summed E-state index contributed by atoms with van der Waals surface area (Å²) in [5.74, 6) is 2.02. The van der Waals surface area contributed by atoms with Crippen LogP contribution in [0, 0.1) is 0 Å². The zero-order valence-corrected chi connectivity index (χ0v) is 15.7. The third-order valence-electron chi connectivity index (χ3n) is 4.01. The number of benzene rings is 2. The van der Waals surface area contributed by atoms with E-state index in [-0.39, 0.29) is 12.7 Å². The minimum Gasteiger partial charge on any atom is -0.454 e. The molecule has 140 valence electrons. The second-order valence-electron chi connectivity index (χ2n) is 6.00. The molecule has 1 aliphatic rings. The van der Waals surface area contributed by atoms with E-state index in [1.54, 1.807) is 6.20 Å². The molecule has 1 N–H and O–H groups in total. The average molecular weight is 391 g/mol. The average Bonchev–Trinajstić information content (AvgIpc) is 3.17. The molecule has 1 aliphatic heterocycles. The van der Waals surface area contributed by atoms with E-state index < -0.39 is 0 Å². The molecule has 3 aromatic rings. The normalized spacial score (nSPS) is 11.9. The minimum absolute atomic E-state index is 0.232. The van der Waals surface area contributed by atoms with Crippen LogP contribution < -0.4 is 14.8 Å². The maximum Gasteiger partial charge on any atom is 0.247 e. The zero-order chi connectivity index (χ0) is 19.3. The van der Waals surface area contributed by atoms with Crippen LogP contribution in [0.15, 0.2) is 77.3 Å². The highest BCUT2D eigenvalue weighted by molar-refractivity contribution is 7.99. The molecule has 2 aromatic carbocycles. The Hall–Kier alpha value is -3.32. The standard InChI is InChI=1S/C21H17N3O3S/c1-2-20(25)23-15-4-6-16(7-5-15)28-21-9-10-22-19(24-21)12-14-3-8-17-18(11-14)27-13-26-17/h2-11H,1,12-13H2,(H,23,25). The summed E-state index contributed by atoms with van der Waals surface area (Å²) in [4.78, 5) is 21.4. The molecule has 0 bridgehead atoms. The number of aromatic nitrogens is 2. The highest BCUT2D eigenvalue weighted by atomic mass is 32.2. The van der Waals surface area contributed by atoms with Crippen LogP contribution in [0.5, 0.6) is 11.5 Å². The van der Waals surface area contributed by atoms with Gasteiger partial charge in [-0.3, -0.25) is 4.79 Å². The van der Waals surface area contributed by atoms with E-state index in [1.807, 2.05) is 48.5 Å². The third kappa shape index (κ3) is 4.32. The lowest BCUT2D eigenvalue weighted by Crippen LogP contribution is -2.06. The molecule has 0 aliphatic carbocycles. The summed E-state index contributed by atoms with van der Waals surface area (Å²) in [6, 6.07) is 15.3. The Morgan fingerprint density at radius 1 is 1.14 bits per heavy atom. The van der Waals surface area contributed by atoms with Gasteiger partial charge in [0.25, 0.3) is 0 Å². The van der Waals surface area contributed by atoms with Crippen LogP contribution >= 0.6 is 11.8 Å². The summed E-state index contributed by atoms with van der Waals surface area (Å²) in [5, 5.41) is 3.58. The zero-order valence-electron chi connectivity index (χ0n) is 14.9. The third-order valence-corrected chi connectivity index (χ3v) is 4.95. The molecule has 0 radical (unpaired) electrons. The Kier molecular flexibility index (Phi) is 5.25. The van der Waals surface area contributed by atoms with Crippen molar-refractivity contribution in [1.29, 1.82) is 0 Å². The van der Waals surface area contributed by atoms with E-state index in [9.17, 15) is 4.79 Å². The first-order valence-corrected chi connectivity index (χ1v) is 9.43. The van der Waals surface area contributed by atoms with Crippen molar-refractivity contribution < 1.29 is 14.3 Å². The topological polar surface area (TPSA) is 73.3 Å². The van der Waals surface area contributed by atoms with E-state index in [1.165, 1.54) is 17.8 Å². The maximum absolute atomic E-state index is 11.3. The van der Waals surface area contributed by atoms with Gasteiger partial charge in [-0.05, 0) is 54.1 Å². The molecular formula is C21H17N3O3S. The Bertz CT molecular complexity index is 1020. The molecule has 2 heterocycles. The molecule has 1 aromatic heterocycles. The number of hydrogen-bond donors (Lipinski definition) is 1. The minimum atomic E-state index is -0.232. The Morgan fingerprint density at radius 2 is 1.96 bits per heavy atom. The predicted molar refractivity (Wildman–Crippen MR) is 107 cm³/mol. The smallest absolute Gasteiger partial charge is 0.247 e. The van der Waals surface area contributed by atoms with Crippen molar-refractivity contribution >= 4 is 23.4 Å². The number of fused-ring (bicyclic) bond motifs is 1. The van der Waals surface area contributed by atoms with Gasteiger partial charge in [-0.1, -0.05) is 24.4 Å². The highest BCUT2D eigenvalue weighted by Crippen LogP contribution is 2.33. The van der Waals surface area contributed by atoms with Crippen molar-refractivity contribution in [2.24, 2.45) is 0 Å². The van der Waals surface area contributed by atoms with Crippen molar-refractivity contribution in [3.05, 3.63) is 78.8 Å². The molecule has 7 heteroatoms. The number of anilines is 1. The predicted octanol–water partition coefficient (Wildman–Crippen LogP) is 4.07. The van der Waals surface area contributed by atoms with Crippen LogP contribution in [0.1, 0.15) is 11.4 Å². The molecule has 0 saturated heterocycles. The van der Waals surface area contributed by atoms with Gasteiger partial charge in [-0.25, -0.2) is 9.97 Å². The van der Waals surface area contributed by atoms with Gasteiger partial charge >= 0.3 is 0 Å². The number of nitrogens with zero attached hydrogens (tertiary/aromatic N) is 2. The summed E-state index contributed by atoms with van der Waals surface area (Å²) in [6.45, 7) is 3.70. The van der Waals surface area contributed by atoms with Crippen LogP contribution in [0.4, 0.5) is 5.69 Å². The Labute approximate surface area is 166 Å². The molecule has 6 nitrogen and oxygen atoms in total. The number of carbonyl (C=O) groups is 1. The van der Waals surface area contributed by atoms with Crippen molar-refractivity contribution in [2.75, 3.05) is 12.1 Å². The van der Waals surface area contributed by atoms with E-state index in [4.69, 9.17) is 9.47 Å². The molecule has 1 amide bonds. The first kappa shape index (κ1) is 18.1. The molecular weight excluding hydrogens is 374 g/mol. The van der Waals surface area contributed by atoms with E-state index >= 15 is 0 Å². The van der Waals surface area contributed by atoms with Crippen LogP contribution in [0.2, 0.25) is 0 Å². The fourth-order valence-corrected chi connectivity index (χ4v) is 3.47. The second kappa shape index (κ2) is 8.14. The molecule has 0 unspecified atom stereocenters. The van der Waals surface area contributed by atoms with Crippen LogP contribution in [-0.2, 0) is 11.2 Å². The summed E-state index contributed by atoms with van der Waals surface area (Å²) >= 11 is 1.54. The largest absolute Gasteiger partial charge is 0.454 e. The molecule has 4 rings (SSSR count). The fourth-order valence-electron chi connectivity index (χ4n) is 2.68. The van der Waals surface area contributed by atoms with Crippen molar-refractivity contribution in [1.82, 2.24) is 9.97 Å². The SMILES string of the molecule is C=CC(=O)Nc1ccc(Sc2ccnc(Cc3ccc4c(c3)OCO4)n2)cc1. The van der Waals surface area contributed by atoms with Gasteiger partial charge in [0.15, 0.2) is 11.5 Å². The van der Waals surface area contributed by atoms with Crippen molar-refractivity contribution in [3.63, 3.8) is 0 Å². The number of ether oxygens (including phenoxy) is 2. The summed E-state index contributed by atoms with van der Waals surface area (Å²) in [6.07, 6.45) is 3.61. The number of nitrogens with one attached hydrogen (secondary N) is 1. The first-order chi connectivity index (χ1) is 13.7. The maximum atomic E-state index is 11.3. The number of carbonyl (C=O) groups excluding carboxylic acids is 1. The number of hydrogen-bond acceptors (Lipinski definition) is 6. The van der Waals surface area contributed by atoms with Crippen molar-refractivity contribution in [2.45, 2.75) is 16.3 Å². The molecule has 28 heavy (non-hydrogen) atoms. The lowest BCUT2D eigenvalue weighted by Gasteiger charge is -2.06. The summed E-state index contributed by atoms with van der Waals surface area (Å²) < 4.78 is 10.8. The molecule has 0 spiro atoms. The second-order valence-corrected chi connectivity index (χ2v) is 7.09. The molecule has 0 saturated carbocycles. The van der Waals surface area contributed by atoms with Gasteiger partial charge in [0.2, 0.25) is 12.7 Å². The Morgan fingerprint density at radius 3 is 2.79 bits per heavy atom. The van der Waals surface area contributed by atoms with Gasteiger partial charge in [0.05, 0.1) is 0 Å². The highest BCUT2D eigenvalue weighted by Gasteiger charge is 2.14. The number of rotatable bonds is 6. The monoisotopic (exact) mass is 391 g/mol. The van der Waals surface area contributed by atoms with Gasteiger partial charge in [0.1, 0.15) is 10.9 Å². The summed E-state index contributed by atoms with van der Waals surface area (Å²) in [5.41, 5.74) is 1.79. The van der Waals surface area contributed by atoms with Crippen LogP contribution in [0.3, 0.4) is 0 Å². The van der Waals surface area contributed by atoms with E-state index in [0.717, 1.165) is 38.5 Å². The first-order valence-electron chi connectivity index (χ1n) is 8.61. The van der Waals surface area contributed by atoms with Gasteiger partial charge < -0.3 is 14.8 Å². The van der Waals surface area contributed by atoms with Crippen LogP contribution in [-0.4, -0.2) is 22.7 Å². The van der Waals surface area contributed by atoms with Gasteiger partial charge in [0, 0.05) is 23.2 Å². The lowest BCUT2D eigenvalue weighted by molar-refractivity contribution is -0.111. The van der Waals surface area contributed by atoms with Gasteiger partial charge in [-0.2, -0.15) is 0 Å². The summed E-state index contributed by atoms with van der Waals surface area (Å²) in [7, 11) is 0.